The van der Waals surface area contributed by atoms with Crippen LogP contribution in [0.25, 0.3) is 0 Å². The van der Waals surface area contributed by atoms with Gasteiger partial charge in [-0.25, -0.2) is 0 Å². The molecule has 1 aromatic rings. The lowest BCUT2D eigenvalue weighted by atomic mass is 9.90. The van der Waals surface area contributed by atoms with E-state index in [1.54, 1.807) is 0 Å². The van der Waals surface area contributed by atoms with Gasteiger partial charge in [-0.3, -0.25) is 10.1 Å². The first-order chi connectivity index (χ1) is 9.97. The van der Waals surface area contributed by atoms with Crippen molar-refractivity contribution in [2.75, 3.05) is 6.54 Å². The average molecular weight is 292 g/mol. The van der Waals surface area contributed by atoms with Crippen molar-refractivity contribution in [2.24, 2.45) is 17.6 Å². The number of rotatable bonds is 10. The summed E-state index contributed by atoms with van der Waals surface area (Å²) in [7, 11) is 0. The van der Waals surface area contributed by atoms with E-state index < -0.39 is 6.23 Å². The van der Waals surface area contributed by atoms with Crippen molar-refractivity contribution in [2.45, 2.75) is 45.8 Å². The Morgan fingerprint density at radius 3 is 2.48 bits per heavy atom. The van der Waals surface area contributed by atoms with Crippen molar-refractivity contribution < 1.29 is 9.90 Å². The Bertz CT molecular complexity index is 407. The first kappa shape index (κ1) is 17.7. The Labute approximate surface area is 127 Å². The molecule has 118 valence electrons. The fourth-order valence-corrected chi connectivity index (χ4v) is 2.64. The highest BCUT2D eigenvalue weighted by Crippen LogP contribution is 2.20. The van der Waals surface area contributed by atoms with Crippen LogP contribution in [0.5, 0.6) is 0 Å². The molecule has 4 N–H and O–H groups in total. The SMILES string of the molecule is CC(C)C[C@@H](CC(N)=O)CC(O)NCCc1ccccc1. The molecule has 0 radical (unpaired) electrons. The van der Waals surface area contributed by atoms with Gasteiger partial charge < -0.3 is 10.8 Å². The summed E-state index contributed by atoms with van der Waals surface area (Å²) in [4.78, 5) is 11.1. The molecule has 0 bridgehead atoms. The van der Waals surface area contributed by atoms with Crippen LogP contribution in [0, 0.1) is 11.8 Å². The third kappa shape index (κ3) is 8.48. The van der Waals surface area contributed by atoms with Gasteiger partial charge in [0.05, 0.1) is 0 Å². The van der Waals surface area contributed by atoms with Crippen molar-refractivity contribution in [3.05, 3.63) is 35.9 Å². The van der Waals surface area contributed by atoms with E-state index in [9.17, 15) is 9.90 Å². The Kier molecular flexibility index (Phi) is 8.01. The topological polar surface area (TPSA) is 75.4 Å². The number of aliphatic hydroxyl groups excluding tert-OH is 1. The maximum absolute atomic E-state index is 11.1. The molecule has 0 aliphatic rings. The van der Waals surface area contributed by atoms with Crippen LogP contribution in [0.1, 0.15) is 38.7 Å². The predicted molar refractivity (Wildman–Crippen MR) is 85.5 cm³/mol. The molecule has 1 aromatic carbocycles. The zero-order valence-electron chi connectivity index (χ0n) is 13.1. The van der Waals surface area contributed by atoms with Crippen molar-refractivity contribution >= 4 is 5.91 Å². The molecule has 0 aromatic heterocycles. The molecule has 0 spiro atoms. The summed E-state index contributed by atoms with van der Waals surface area (Å²) in [5.74, 6) is 0.338. The fraction of sp³-hybridized carbons (Fsp3) is 0.588. The zero-order valence-corrected chi connectivity index (χ0v) is 13.1. The molecule has 4 heteroatoms. The van der Waals surface area contributed by atoms with Gasteiger partial charge in [0.25, 0.3) is 0 Å². The van der Waals surface area contributed by atoms with E-state index in [1.165, 1.54) is 5.56 Å². The number of aliphatic hydroxyl groups is 1. The molecule has 0 heterocycles. The maximum atomic E-state index is 11.1. The first-order valence-corrected chi connectivity index (χ1v) is 7.71. The Morgan fingerprint density at radius 1 is 1.24 bits per heavy atom. The van der Waals surface area contributed by atoms with E-state index in [-0.39, 0.29) is 11.8 Å². The summed E-state index contributed by atoms with van der Waals surface area (Å²) in [5.41, 5.74) is 6.52. The number of amides is 1. The van der Waals surface area contributed by atoms with Crippen LogP contribution in [-0.4, -0.2) is 23.8 Å². The van der Waals surface area contributed by atoms with Gasteiger partial charge in [-0.2, -0.15) is 0 Å². The molecule has 0 aliphatic carbocycles. The molecule has 1 rings (SSSR count). The molecule has 0 saturated carbocycles. The maximum Gasteiger partial charge on any atom is 0.217 e. The first-order valence-electron chi connectivity index (χ1n) is 7.71. The van der Waals surface area contributed by atoms with Gasteiger partial charge in [-0.1, -0.05) is 44.2 Å². The second kappa shape index (κ2) is 9.53. The van der Waals surface area contributed by atoms with Gasteiger partial charge in [-0.05, 0) is 36.7 Å². The molecule has 21 heavy (non-hydrogen) atoms. The van der Waals surface area contributed by atoms with E-state index in [0.717, 1.165) is 19.4 Å². The number of carbonyl (C=O) groups is 1. The van der Waals surface area contributed by atoms with Crippen molar-refractivity contribution in [1.82, 2.24) is 5.32 Å². The zero-order chi connectivity index (χ0) is 15.7. The fourth-order valence-electron chi connectivity index (χ4n) is 2.64. The number of nitrogens with one attached hydrogen (secondary N) is 1. The number of hydrogen-bond donors (Lipinski definition) is 3. The predicted octanol–water partition coefficient (Wildman–Crippen LogP) is 2.06. The lowest BCUT2D eigenvalue weighted by Crippen LogP contribution is -2.33. The number of benzene rings is 1. The summed E-state index contributed by atoms with van der Waals surface area (Å²) >= 11 is 0. The standard InChI is InChI=1S/C17H28N2O2/c1-13(2)10-15(11-16(18)20)12-17(21)19-9-8-14-6-4-3-5-7-14/h3-7,13,15,17,19,21H,8-12H2,1-2H3,(H2,18,20)/t15-,17?/m0/s1. The highest BCUT2D eigenvalue weighted by atomic mass is 16.3. The molecule has 1 amide bonds. The highest BCUT2D eigenvalue weighted by molar-refractivity contribution is 5.73. The second-order valence-corrected chi connectivity index (χ2v) is 6.11. The van der Waals surface area contributed by atoms with Gasteiger partial charge in [-0.15, -0.1) is 0 Å². The summed E-state index contributed by atoms with van der Waals surface area (Å²) in [6, 6.07) is 10.2. The smallest absolute Gasteiger partial charge is 0.217 e. The summed E-state index contributed by atoms with van der Waals surface area (Å²) in [6.45, 7) is 4.95. The largest absolute Gasteiger partial charge is 0.379 e. The minimum Gasteiger partial charge on any atom is -0.379 e. The van der Waals surface area contributed by atoms with E-state index in [2.05, 4.69) is 31.3 Å². The summed E-state index contributed by atoms with van der Waals surface area (Å²) < 4.78 is 0. The van der Waals surface area contributed by atoms with Gasteiger partial charge in [0, 0.05) is 13.0 Å². The average Bonchev–Trinajstić information content (AvgIpc) is 2.38. The van der Waals surface area contributed by atoms with E-state index >= 15 is 0 Å². The minimum atomic E-state index is -0.586. The van der Waals surface area contributed by atoms with Gasteiger partial charge in [0.1, 0.15) is 6.23 Å². The normalized spacial score (nSPS) is 14.1. The van der Waals surface area contributed by atoms with Gasteiger partial charge in [0.15, 0.2) is 0 Å². The number of carbonyl (C=O) groups excluding carboxylic acids is 1. The van der Waals surface area contributed by atoms with Crippen molar-refractivity contribution in [1.29, 1.82) is 0 Å². The molecular weight excluding hydrogens is 264 g/mol. The minimum absolute atomic E-state index is 0.140. The van der Waals surface area contributed by atoms with E-state index in [4.69, 9.17) is 5.73 Å². The molecule has 0 aliphatic heterocycles. The van der Waals surface area contributed by atoms with E-state index in [0.29, 0.717) is 18.8 Å². The van der Waals surface area contributed by atoms with Gasteiger partial charge in [0.2, 0.25) is 5.91 Å². The quantitative estimate of drug-likeness (QED) is 0.578. The molecule has 4 nitrogen and oxygen atoms in total. The monoisotopic (exact) mass is 292 g/mol. The lowest BCUT2D eigenvalue weighted by molar-refractivity contribution is -0.119. The Balaban J connectivity index is 2.32. The van der Waals surface area contributed by atoms with Crippen LogP contribution >= 0.6 is 0 Å². The summed E-state index contributed by atoms with van der Waals surface area (Å²) in [6.07, 6.45) is 2.10. The van der Waals surface area contributed by atoms with Crippen LogP contribution < -0.4 is 11.1 Å². The van der Waals surface area contributed by atoms with Crippen molar-refractivity contribution in [3.8, 4) is 0 Å². The molecular formula is C17H28N2O2. The number of nitrogens with two attached hydrogens (primary N) is 1. The highest BCUT2D eigenvalue weighted by Gasteiger charge is 2.17. The van der Waals surface area contributed by atoms with Crippen molar-refractivity contribution in [3.63, 3.8) is 0 Å². The molecule has 0 saturated heterocycles. The number of primary amides is 1. The van der Waals surface area contributed by atoms with Crippen LogP contribution in [0.4, 0.5) is 0 Å². The Morgan fingerprint density at radius 2 is 1.90 bits per heavy atom. The third-order valence-corrected chi connectivity index (χ3v) is 3.49. The molecule has 0 fully saturated rings. The van der Waals surface area contributed by atoms with Crippen LogP contribution in [0.3, 0.4) is 0 Å². The Hall–Kier alpha value is -1.39. The lowest BCUT2D eigenvalue weighted by Gasteiger charge is -2.21. The van der Waals surface area contributed by atoms with Crippen LogP contribution in [-0.2, 0) is 11.2 Å². The third-order valence-electron chi connectivity index (χ3n) is 3.49. The summed E-state index contributed by atoms with van der Waals surface area (Å²) in [5, 5.41) is 13.2. The van der Waals surface area contributed by atoms with Gasteiger partial charge >= 0.3 is 0 Å². The number of hydrogen-bond acceptors (Lipinski definition) is 3. The van der Waals surface area contributed by atoms with E-state index in [1.807, 2.05) is 18.2 Å². The second-order valence-electron chi connectivity index (χ2n) is 6.11. The molecule has 1 unspecified atom stereocenters. The van der Waals surface area contributed by atoms with Crippen LogP contribution in [0.15, 0.2) is 30.3 Å². The van der Waals surface area contributed by atoms with Crippen LogP contribution in [0.2, 0.25) is 0 Å². The molecule has 2 atom stereocenters.